The van der Waals surface area contributed by atoms with Crippen molar-refractivity contribution in [2.45, 2.75) is 44.8 Å². The average Bonchev–Trinajstić information content (AvgIpc) is 2.47. The summed E-state index contributed by atoms with van der Waals surface area (Å²) in [7, 11) is 1.69. The highest BCUT2D eigenvalue weighted by Gasteiger charge is 2.53. The fraction of sp³-hybridized carbons (Fsp3) is 0.471. The van der Waals surface area contributed by atoms with E-state index in [1.807, 2.05) is 38.3 Å². The summed E-state index contributed by atoms with van der Waals surface area (Å²) >= 11 is 0.801. The molecule has 0 spiro atoms. The van der Waals surface area contributed by atoms with Gasteiger partial charge in [0.2, 0.25) is 0 Å². The van der Waals surface area contributed by atoms with Crippen molar-refractivity contribution >= 4 is 29.1 Å². The lowest BCUT2D eigenvalue weighted by atomic mass is 9.83. The van der Waals surface area contributed by atoms with Crippen LogP contribution in [0.25, 0.3) is 0 Å². The highest BCUT2D eigenvalue weighted by atomic mass is 32.2. The van der Waals surface area contributed by atoms with E-state index >= 15 is 0 Å². The number of carbonyl (C=O) groups excluding carboxylic acids is 2. The number of unbranched alkanes of at least 4 members (excludes halogenated alkanes) is 1. The van der Waals surface area contributed by atoms with Crippen LogP contribution >= 0.6 is 11.8 Å². The van der Waals surface area contributed by atoms with Crippen LogP contribution in [-0.2, 0) is 4.79 Å². The normalized spacial score (nSPS) is 20.8. The number of thioether (sulfide) groups is 1. The van der Waals surface area contributed by atoms with Crippen LogP contribution in [-0.4, -0.2) is 23.5 Å². The Morgan fingerprint density at radius 3 is 2.59 bits per heavy atom. The summed E-state index contributed by atoms with van der Waals surface area (Å²) in [5.74, 6) is -0.502. The molecule has 5 heteroatoms. The van der Waals surface area contributed by atoms with Crippen molar-refractivity contribution in [3.05, 3.63) is 28.8 Å². The van der Waals surface area contributed by atoms with Gasteiger partial charge in [0.1, 0.15) is 5.40 Å². The zero-order valence-electron chi connectivity index (χ0n) is 13.4. The summed E-state index contributed by atoms with van der Waals surface area (Å²) in [5.41, 5.74) is 3.10. The molecule has 0 aliphatic carbocycles. The number of benzene rings is 1. The van der Waals surface area contributed by atoms with E-state index in [1.54, 1.807) is 7.05 Å². The number of fused-ring (bicyclic) bond motifs is 1. The lowest BCUT2D eigenvalue weighted by Crippen LogP contribution is -2.55. The molecule has 0 aromatic heterocycles. The predicted molar refractivity (Wildman–Crippen MR) is 89.1 cm³/mol. The van der Waals surface area contributed by atoms with Gasteiger partial charge in [0.15, 0.2) is 10.5 Å². The Morgan fingerprint density at radius 1 is 1.32 bits per heavy atom. The second-order valence-electron chi connectivity index (χ2n) is 5.79. The molecule has 4 nitrogen and oxygen atoms in total. The number of carbonyl (C=O) groups is 2. The summed E-state index contributed by atoms with van der Waals surface area (Å²) < 4.78 is -1.30. The van der Waals surface area contributed by atoms with Crippen LogP contribution in [0.2, 0.25) is 0 Å². The van der Waals surface area contributed by atoms with Crippen molar-refractivity contribution in [2.24, 2.45) is 0 Å². The Bertz CT molecular complexity index is 678. The summed E-state index contributed by atoms with van der Waals surface area (Å²) in [6.45, 7) is 5.84. The molecular formula is C17H20N2O2S. The molecule has 1 amide bonds. The molecule has 0 N–H and O–H groups in total. The van der Waals surface area contributed by atoms with E-state index in [0.29, 0.717) is 17.7 Å². The van der Waals surface area contributed by atoms with Crippen LogP contribution in [0.4, 0.5) is 5.69 Å². The van der Waals surface area contributed by atoms with E-state index in [2.05, 4.69) is 0 Å². The number of rotatable bonds is 4. The molecule has 1 aliphatic heterocycles. The zero-order chi connectivity index (χ0) is 16.5. The van der Waals surface area contributed by atoms with E-state index in [9.17, 15) is 9.59 Å². The van der Waals surface area contributed by atoms with Crippen LogP contribution in [0.15, 0.2) is 12.1 Å². The largest absolute Gasteiger partial charge is 0.313 e. The number of hydrogen-bond donors (Lipinski definition) is 0. The van der Waals surface area contributed by atoms with Crippen molar-refractivity contribution in [2.75, 3.05) is 11.9 Å². The molecule has 1 heterocycles. The van der Waals surface area contributed by atoms with Gasteiger partial charge in [-0.05, 0) is 49.2 Å². The van der Waals surface area contributed by atoms with Crippen molar-refractivity contribution in [1.82, 2.24) is 0 Å². The molecule has 22 heavy (non-hydrogen) atoms. The summed E-state index contributed by atoms with van der Waals surface area (Å²) in [4.78, 5) is 27.5. The fourth-order valence-electron chi connectivity index (χ4n) is 3.05. The number of Topliss-reactive ketones (excluding diaryl/α,β-unsaturated/α-hetero) is 1. The minimum atomic E-state index is -1.30. The summed E-state index contributed by atoms with van der Waals surface area (Å²) in [6, 6.07) is 3.81. The van der Waals surface area contributed by atoms with Crippen LogP contribution in [0.3, 0.4) is 0 Å². The third-order valence-electron chi connectivity index (χ3n) is 4.17. The number of nitriles is 1. The van der Waals surface area contributed by atoms with Gasteiger partial charge in [0.25, 0.3) is 5.91 Å². The van der Waals surface area contributed by atoms with Gasteiger partial charge in [0.05, 0.1) is 5.69 Å². The number of hydrogen-bond acceptors (Lipinski definition) is 4. The standard InChI is InChI=1S/C17H20N2O2S/c1-5-6-7-17(22-10-18)15(20)14-12(3)8-11(2)9-13(14)19(4)16(17)21/h8-9H,5-7H2,1-4H3. The third kappa shape index (κ3) is 2.42. The van der Waals surface area contributed by atoms with Crippen LogP contribution in [0.5, 0.6) is 0 Å². The summed E-state index contributed by atoms with van der Waals surface area (Å²) in [6.07, 6.45) is 2.01. The van der Waals surface area contributed by atoms with Crippen molar-refractivity contribution in [3.63, 3.8) is 0 Å². The minimum absolute atomic E-state index is 0.219. The second kappa shape index (κ2) is 6.13. The van der Waals surface area contributed by atoms with Gasteiger partial charge in [-0.3, -0.25) is 9.59 Å². The van der Waals surface area contributed by atoms with Gasteiger partial charge in [-0.25, -0.2) is 0 Å². The van der Waals surface area contributed by atoms with Crippen molar-refractivity contribution in [1.29, 1.82) is 5.26 Å². The number of nitrogens with zero attached hydrogens (tertiary/aromatic N) is 2. The van der Waals surface area contributed by atoms with E-state index < -0.39 is 4.75 Å². The molecule has 1 atom stereocenters. The highest BCUT2D eigenvalue weighted by Crippen LogP contribution is 2.44. The number of aryl methyl sites for hydroxylation is 2. The molecule has 116 valence electrons. The first-order chi connectivity index (χ1) is 10.4. The quantitative estimate of drug-likeness (QED) is 0.629. The SMILES string of the molecule is CCCCC1(SC#N)C(=O)c2c(C)cc(C)cc2N(C)C1=O. The molecule has 0 saturated carbocycles. The lowest BCUT2D eigenvalue weighted by Gasteiger charge is -2.38. The number of amides is 1. The Balaban J connectivity index is 2.67. The van der Waals surface area contributed by atoms with Crippen molar-refractivity contribution < 1.29 is 9.59 Å². The first kappa shape index (κ1) is 16.6. The van der Waals surface area contributed by atoms with Crippen LogP contribution < -0.4 is 4.90 Å². The minimum Gasteiger partial charge on any atom is -0.313 e. The molecular weight excluding hydrogens is 296 g/mol. The van der Waals surface area contributed by atoms with Gasteiger partial charge in [0, 0.05) is 12.6 Å². The molecule has 1 aliphatic rings. The van der Waals surface area contributed by atoms with Gasteiger partial charge in [-0.1, -0.05) is 25.8 Å². The van der Waals surface area contributed by atoms with Crippen LogP contribution in [0, 0.1) is 24.5 Å². The molecule has 0 saturated heterocycles. The number of anilines is 1. The smallest absolute Gasteiger partial charge is 0.252 e. The fourth-order valence-corrected chi connectivity index (χ4v) is 3.87. The van der Waals surface area contributed by atoms with E-state index in [1.165, 1.54) is 4.90 Å². The molecule has 1 aromatic carbocycles. The van der Waals surface area contributed by atoms with Gasteiger partial charge in [-0.15, -0.1) is 0 Å². The molecule has 0 fully saturated rings. The molecule has 1 aromatic rings. The molecule has 2 rings (SSSR count). The predicted octanol–water partition coefficient (Wildman–Crippen LogP) is 3.61. The number of thiocyanates is 1. The second-order valence-corrected chi connectivity index (χ2v) is 6.88. The lowest BCUT2D eigenvalue weighted by molar-refractivity contribution is -0.119. The zero-order valence-corrected chi connectivity index (χ0v) is 14.2. The molecule has 1 unspecified atom stereocenters. The maximum absolute atomic E-state index is 13.1. The highest BCUT2D eigenvalue weighted by molar-refractivity contribution is 8.06. The first-order valence-corrected chi connectivity index (χ1v) is 8.22. The Hall–Kier alpha value is -1.80. The number of ketones is 1. The Morgan fingerprint density at radius 2 is 2.00 bits per heavy atom. The maximum Gasteiger partial charge on any atom is 0.252 e. The topological polar surface area (TPSA) is 61.2 Å². The monoisotopic (exact) mass is 316 g/mol. The van der Waals surface area contributed by atoms with Gasteiger partial charge in [-0.2, -0.15) is 5.26 Å². The van der Waals surface area contributed by atoms with Gasteiger partial charge >= 0.3 is 0 Å². The third-order valence-corrected chi connectivity index (χ3v) is 5.17. The van der Waals surface area contributed by atoms with E-state index in [-0.39, 0.29) is 11.7 Å². The molecule has 0 bridgehead atoms. The Kier molecular flexibility index (Phi) is 4.62. The molecule has 0 radical (unpaired) electrons. The first-order valence-electron chi connectivity index (χ1n) is 7.40. The summed E-state index contributed by atoms with van der Waals surface area (Å²) in [5, 5.41) is 11.1. The average molecular weight is 316 g/mol. The van der Waals surface area contributed by atoms with E-state index in [4.69, 9.17) is 5.26 Å². The Labute approximate surface area is 135 Å². The van der Waals surface area contributed by atoms with Crippen molar-refractivity contribution in [3.8, 4) is 5.40 Å². The van der Waals surface area contributed by atoms with Crippen LogP contribution in [0.1, 0.15) is 47.7 Å². The van der Waals surface area contributed by atoms with Gasteiger partial charge < -0.3 is 4.90 Å². The maximum atomic E-state index is 13.1. The van der Waals surface area contributed by atoms with E-state index in [0.717, 1.165) is 35.7 Å².